The van der Waals surface area contributed by atoms with Crippen molar-refractivity contribution in [1.82, 2.24) is 0 Å². The molecule has 1 amide bonds. The maximum atomic E-state index is 12.1. The Balaban J connectivity index is 2.40. The van der Waals surface area contributed by atoms with E-state index in [0.29, 0.717) is 0 Å². The minimum atomic E-state index is -3.75. The second-order valence-corrected chi connectivity index (χ2v) is 7.69. The van der Waals surface area contributed by atoms with Crippen molar-refractivity contribution in [2.24, 2.45) is 5.92 Å². The molecular weight excluding hydrogens is 336 g/mol. The van der Waals surface area contributed by atoms with Crippen LogP contribution in [0.3, 0.4) is 0 Å². The average molecular weight is 349 g/mol. The van der Waals surface area contributed by atoms with Gasteiger partial charge in [-0.1, -0.05) is 6.07 Å². The third-order valence-corrected chi connectivity index (χ3v) is 4.55. The molecule has 22 heavy (non-hydrogen) atoms. The van der Waals surface area contributed by atoms with Gasteiger partial charge in [-0.3, -0.25) is 14.9 Å². The molecule has 1 aromatic rings. The lowest BCUT2D eigenvalue weighted by Crippen LogP contribution is -2.26. The third kappa shape index (κ3) is 3.47. The number of nitro groups is 1. The number of carbonyl (C=O) groups excluding carboxylic acids is 1. The highest BCUT2D eigenvalue weighted by Gasteiger charge is 2.37. The van der Waals surface area contributed by atoms with Gasteiger partial charge in [-0.05, 0) is 6.07 Å². The second kappa shape index (κ2) is 6.09. The number of methoxy groups -OCH3 is 1. The van der Waals surface area contributed by atoms with E-state index < -0.39 is 25.8 Å². The first-order chi connectivity index (χ1) is 10.2. The molecule has 1 heterocycles. The molecule has 0 bridgehead atoms. The van der Waals surface area contributed by atoms with Gasteiger partial charge in [0.1, 0.15) is 5.75 Å². The molecular formula is C12H13ClN2O6S. The van der Waals surface area contributed by atoms with Crippen LogP contribution in [0.25, 0.3) is 0 Å². The van der Waals surface area contributed by atoms with E-state index in [2.05, 4.69) is 0 Å². The van der Waals surface area contributed by atoms with Crippen LogP contribution in [0.4, 0.5) is 11.4 Å². The van der Waals surface area contributed by atoms with E-state index in [-0.39, 0.29) is 35.8 Å². The Morgan fingerprint density at radius 3 is 2.73 bits per heavy atom. The lowest BCUT2D eigenvalue weighted by molar-refractivity contribution is -0.384. The SMILES string of the molecule is COc1cccc([N+](=O)[O-])c1N1CC(CS(=O)(=O)Cl)CC1=O. The van der Waals surface area contributed by atoms with Crippen LogP contribution < -0.4 is 9.64 Å². The second-order valence-electron chi connectivity index (χ2n) is 4.87. The van der Waals surface area contributed by atoms with Crippen molar-refractivity contribution in [3.63, 3.8) is 0 Å². The number of ether oxygens (including phenoxy) is 1. The van der Waals surface area contributed by atoms with Gasteiger partial charge in [0.05, 0.1) is 17.8 Å². The molecule has 10 heteroatoms. The van der Waals surface area contributed by atoms with Gasteiger partial charge in [-0.2, -0.15) is 0 Å². The molecule has 1 aromatic carbocycles. The topological polar surface area (TPSA) is 107 Å². The van der Waals surface area contributed by atoms with Crippen LogP contribution in [0.1, 0.15) is 6.42 Å². The molecule has 1 atom stereocenters. The molecule has 0 radical (unpaired) electrons. The largest absolute Gasteiger partial charge is 0.494 e. The Labute approximate surface area is 131 Å². The van der Waals surface area contributed by atoms with Crippen LogP contribution >= 0.6 is 10.7 Å². The van der Waals surface area contributed by atoms with Gasteiger partial charge >= 0.3 is 0 Å². The Morgan fingerprint density at radius 2 is 2.18 bits per heavy atom. The van der Waals surface area contributed by atoms with Crippen molar-refractivity contribution < 1.29 is 22.9 Å². The summed E-state index contributed by atoms with van der Waals surface area (Å²) in [6.45, 7) is 0.0337. The van der Waals surface area contributed by atoms with Gasteiger partial charge in [0.2, 0.25) is 15.0 Å². The third-order valence-electron chi connectivity index (χ3n) is 3.30. The lowest BCUT2D eigenvalue weighted by Gasteiger charge is -2.19. The van der Waals surface area contributed by atoms with Gasteiger partial charge in [0.15, 0.2) is 5.69 Å². The number of benzene rings is 1. The number of nitrogens with zero attached hydrogens (tertiary/aromatic N) is 2. The van der Waals surface area contributed by atoms with Crippen molar-refractivity contribution in [1.29, 1.82) is 0 Å². The smallest absolute Gasteiger partial charge is 0.296 e. The molecule has 120 valence electrons. The number of para-hydroxylation sites is 1. The van der Waals surface area contributed by atoms with Crippen LogP contribution in [0, 0.1) is 16.0 Å². The van der Waals surface area contributed by atoms with E-state index in [1.807, 2.05) is 0 Å². The number of carbonyl (C=O) groups is 1. The van der Waals surface area contributed by atoms with Crippen LogP contribution in [-0.4, -0.2) is 38.7 Å². The molecule has 0 aromatic heterocycles. The van der Waals surface area contributed by atoms with E-state index in [1.54, 1.807) is 0 Å². The van der Waals surface area contributed by atoms with Gasteiger partial charge in [0.25, 0.3) is 5.69 Å². The van der Waals surface area contributed by atoms with Crippen molar-refractivity contribution in [3.8, 4) is 5.75 Å². The van der Waals surface area contributed by atoms with Crippen LogP contribution in [0.15, 0.2) is 18.2 Å². The minimum absolute atomic E-state index is 0.0337. The maximum Gasteiger partial charge on any atom is 0.296 e. The first-order valence-electron chi connectivity index (χ1n) is 6.27. The molecule has 8 nitrogen and oxygen atoms in total. The normalized spacial score (nSPS) is 18.5. The summed E-state index contributed by atoms with van der Waals surface area (Å²) in [6, 6.07) is 4.21. The monoisotopic (exact) mass is 348 g/mol. The molecule has 0 N–H and O–H groups in total. The number of nitro benzene ring substituents is 1. The zero-order valence-electron chi connectivity index (χ0n) is 11.6. The van der Waals surface area contributed by atoms with Gasteiger partial charge in [-0.15, -0.1) is 0 Å². The summed E-state index contributed by atoms with van der Waals surface area (Å²) in [7, 11) is 2.79. The minimum Gasteiger partial charge on any atom is -0.494 e. The first-order valence-corrected chi connectivity index (χ1v) is 8.75. The summed E-state index contributed by atoms with van der Waals surface area (Å²) < 4.78 is 27.4. The predicted molar refractivity (Wildman–Crippen MR) is 79.7 cm³/mol. The number of hydrogen-bond donors (Lipinski definition) is 0. The van der Waals surface area contributed by atoms with Crippen LogP contribution in [-0.2, 0) is 13.8 Å². The zero-order chi connectivity index (χ0) is 16.5. The maximum absolute atomic E-state index is 12.1. The summed E-state index contributed by atoms with van der Waals surface area (Å²) in [5.41, 5.74) is -0.239. The first kappa shape index (κ1) is 16.5. The van der Waals surface area contributed by atoms with Crippen molar-refractivity contribution in [2.75, 3.05) is 24.3 Å². The van der Waals surface area contributed by atoms with Crippen LogP contribution in [0.5, 0.6) is 5.75 Å². The Hall–Kier alpha value is -1.87. The summed E-state index contributed by atoms with van der Waals surface area (Å²) in [5, 5.41) is 11.2. The van der Waals surface area contributed by atoms with Crippen molar-refractivity contribution in [2.45, 2.75) is 6.42 Å². The van der Waals surface area contributed by atoms with Crippen molar-refractivity contribution in [3.05, 3.63) is 28.3 Å². The highest BCUT2D eigenvalue weighted by molar-refractivity contribution is 8.13. The predicted octanol–water partition coefficient (Wildman–Crippen LogP) is 1.52. The standard InChI is InChI=1S/C12H13ClN2O6S/c1-21-10-4-2-3-9(15(17)18)12(10)14-6-8(5-11(14)16)7-22(13,19)20/h2-4,8H,5-7H2,1H3. The van der Waals surface area contributed by atoms with Gasteiger partial charge in [-0.25, -0.2) is 8.42 Å². The molecule has 1 unspecified atom stereocenters. The van der Waals surface area contributed by atoms with E-state index >= 15 is 0 Å². The number of amides is 1. The highest BCUT2D eigenvalue weighted by atomic mass is 35.7. The molecule has 0 aliphatic carbocycles. The fourth-order valence-electron chi connectivity index (χ4n) is 2.48. The summed E-state index contributed by atoms with van der Waals surface area (Å²) in [6.07, 6.45) is -0.0405. The average Bonchev–Trinajstić information content (AvgIpc) is 2.75. The molecule has 1 saturated heterocycles. The summed E-state index contributed by atoms with van der Waals surface area (Å²) in [5.74, 6) is -1.10. The van der Waals surface area contributed by atoms with E-state index in [0.717, 1.165) is 0 Å². The highest BCUT2D eigenvalue weighted by Crippen LogP contribution is 2.40. The Morgan fingerprint density at radius 1 is 1.50 bits per heavy atom. The van der Waals surface area contributed by atoms with Gasteiger partial charge in [0, 0.05) is 35.6 Å². The summed E-state index contributed by atoms with van der Waals surface area (Å²) in [4.78, 5) is 23.9. The molecule has 1 aliphatic heterocycles. The quantitative estimate of drug-likeness (QED) is 0.453. The summed E-state index contributed by atoms with van der Waals surface area (Å²) >= 11 is 0. The van der Waals surface area contributed by atoms with E-state index in [1.165, 1.54) is 30.2 Å². The van der Waals surface area contributed by atoms with Crippen LogP contribution in [0.2, 0.25) is 0 Å². The Kier molecular flexibility index (Phi) is 4.57. The van der Waals surface area contributed by atoms with E-state index in [9.17, 15) is 23.3 Å². The van der Waals surface area contributed by atoms with Gasteiger partial charge < -0.3 is 9.64 Å². The number of halogens is 1. The Bertz CT molecular complexity index is 720. The van der Waals surface area contributed by atoms with Crippen molar-refractivity contribution >= 4 is 37.0 Å². The lowest BCUT2D eigenvalue weighted by atomic mass is 10.1. The molecule has 2 rings (SSSR count). The van der Waals surface area contributed by atoms with E-state index in [4.69, 9.17) is 15.4 Å². The number of rotatable bonds is 5. The molecule has 0 saturated carbocycles. The zero-order valence-corrected chi connectivity index (χ0v) is 13.1. The molecule has 1 fully saturated rings. The fraction of sp³-hybridized carbons (Fsp3) is 0.417. The molecule has 1 aliphatic rings. The fourth-order valence-corrected chi connectivity index (χ4v) is 3.81. The molecule has 0 spiro atoms. The number of hydrogen-bond acceptors (Lipinski definition) is 6. The number of anilines is 1.